The molecule has 0 aromatic heterocycles. The minimum absolute atomic E-state index is 0.0642. The fourth-order valence-electron chi connectivity index (χ4n) is 3.21. The first-order chi connectivity index (χ1) is 14.5. The smallest absolute Gasteiger partial charge is 0.193 e. The molecule has 150 valence electrons. The summed E-state index contributed by atoms with van der Waals surface area (Å²) in [6.07, 6.45) is 0. The number of carbonyl (C=O) groups excluding carboxylic acids is 1. The van der Waals surface area contributed by atoms with Gasteiger partial charge in [-0.25, -0.2) is 0 Å². The lowest BCUT2D eigenvalue weighted by molar-refractivity contribution is 0.103. The number of phenols is 1. The molecular weight excluding hydrogens is 571 g/mol. The Bertz CT molecular complexity index is 1160. The first-order valence-corrected chi connectivity index (χ1v) is 13.8. The van der Waals surface area contributed by atoms with Crippen LogP contribution in [-0.4, -0.2) is 10.9 Å². The molecule has 0 amide bonds. The molecule has 0 bridgehead atoms. The summed E-state index contributed by atoms with van der Waals surface area (Å²) in [7, 11) is -1.64. The Kier molecular flexibility index (Phi) is 6.32. The highest BCUT2D eigenvalue weighted by molar-refractivity contribution is 14.1. The SMILES string of the molecule is O=C(c1ccc(O)cc1)c1ccc(S(Br)(c2ccccc2)c2ccc(I)cc2)cc1. The summed E-state index contributed by atoms with van der Waals surface area (Å²) in [4.78, 5) is 16.3. The van der Waals surface area contributed by atoms with Crippen LogP contribution >= 0.6 is 45.9 Å². The minimum atomic E-state index is -1.64. The van der Waals surface area contributed by atoms with Crippen LogP contribution in [0.15, 0.2) is 118 Å². The summed E-state index contributed by atoms with van der Waals surface area (Å²) in [5, 5.41) is 9.45. The predicted molar refractivity (Wildman–Crippen MR) is 135 cm³/mol. The van der Waals surface area contributed by atoms with Crippen LogP contribution in [-0.2, 0) is 0 Å². The van der Waals surface area contributed by atoms with Gasteiger partial charge in [0.05, 0.1) is 0 Å². The molecule has 4 aromatic carbocycles. The molecule has 0 saturated carbocycles. The van der Waals surface area contributed by atoms with E-state index in [4.69, 9.17) is 0 Å². The van der Waals surface area contributed by atoms with Gasteiger partial charge in [0.15, 0.2) is 5.78 Å². The van der Waals surface area contributed by atoms with E-state index in [0.29, 0.717) is 11.1 Å². The number of hydrogen-bond acceptors (Lipinski definition) is 2. The summed E-state index contributed by atoms with van der Waals surface area (Å²) in [6, 6.07) is 33.1. The highest BCUT2D eigenvalue weighted by atomic mass is 127. The zero-order valence-corrected chi connectivity index (χ0v) is 20.4. The number of aromatic hydroxyl groups is 1. The second-order valence-electron chi connectivity index (χ2n) is 6.70. The average molecular weight is 589 g/mol. The van der Waals surface area contributed by atoms with Crippen molar-refractivity contribution in [3.63, 3.8) is 0 Å². The van der Waals surface area contributed by atoms with Gasteiger partial charge >= 0.3 is 0 Å². The summed E-state index contributed by atoms with van der Waals surface area (Å²) >= 11 is 6.43. The van der Waals surface area contributed by atoms with E-state index < -0.39 is 8.46 Å². The summed E-state index contributed by atoms with van der Waals surface area (Å²) in [5.41, 5.74) is 1.17. The second-order valence-corrected chi connectivity index (χ2v) is 13.4. The fourth-order valence-corrected chi connectivity index (χ4v) is 7.88. The summed E-state index contributed by atoms with van der Waals surface area (Å²) in [5.74, 6) is 0.0839. The normalized spacial score (nSPS) is 13.9. The average Bonchev–Trinajstić information content (AvgIpc) is 2.80. The number of rotatable bonds is 5. The molecule has 0 fully saturated rings. The first-order valence-electron chi connectivity index (χ1n) is 9.26. The third kappa shape index (κ3) is 4.19. The van der Waals surface area contributed by atoms with Crippen molar-refractivity contribution in [2.45, 2.75) is 14.7 Å². The molecule has 0 radical (unpaired) electrons. The van der Waals surface area contributed by atoms with Crippen LogP contribution in [0, 0.1) is 3.57 Å². The molecule has 0 heterocycles. The van der Waals surface area contributed by atoms with Crippen molar-refractivity contribution in [3.05, 3.63) is 118 Å². The maximum atomic E-state index is 12.8. The second kappa shape index (κ2) is 8.96. The van der Waals surface area contributed by atoms with E-state index in [1.165, 1.54) is 25.5 Å². The van der Waals surface area contributed by atoms with Crippen molar-refractivity contribution in [1.29, 1.82) is 0 Å². The molecule has 1 N–H and O–H groups in total. The van der Waals surface area contributed by atoms with E-state index in [9.17, 15) is 9.90 Å². The van der Waals surface area contributed by atoms with Gasteiger partial charge in [0.1, 0.15) is 5.75 Å². The molecule has 4 rings (SSSR count). The van der Waals surface area contributed by atoms with Crippen molar-refractivity contribution < 1.29 is 9.90 Å². The Balaban J connectivity index is 1.76. The molecule has 1 atom stereocenters. The van der Waals surface area contributed by atoms with Crippen LogP contribution in [0.25, 0.3) is 0 Å². The third-order valence-electron chi connectivity index (χ3n) is 4.78. The van der Waals surface area contributed by atoms with Gasteiger partial charge in [0.25, 0.3) is 0 Å². The van der Waals surface area contributed by atoms with Gasteiger partial charge in [-0.3, -0.25) is 4.79 Å². The van der Waals surface area contributed by atoms with Gasteiger partial charge < -0.3 is 5.11 Å². The van der Waals surface area contributed by atoms with E-state index in [1.54, 1.807) is 12.1 Å². The number of ketones is 1. The largest absolute Gasteiger partial charge is 0.508 e. The standard InChI is InChI=1S/C25H18BrIO2S/c26-30(22-4-2-1-3-5-22,24-16-10-20(27)11-17-24)23-14-8-19(9-15-23)25(29)18-6-12-21(28)13-7-18/h1-17,28H. The molecule has 0 saturated heterocycles. The van der Waals surface area contributed by atoms with Crippen LogP contribution in [0.5, 0.6) is 5.75 Å². The van der Waals surface area contributed by atoms with Gasteiger partial charge in [-0.05, 0) is 122 Å². The molecule has 1 unspecified atom stereocenters. The quantitative estimate of drug-likeness (QED) is 0.191. The maximum absolute atomic E-state index is 12.8. The molecular formula is C25H18BrIO2S. The molecule has 0 aliphatic rings. The van der Waals surface area contributed by atoms with Crippen LogP contribution in [0.1, 0.15) is 15.9 Å². The van der Waals surface area contributed by atoms with Crippen molar-refractivity contribution in [1.82, 2.24) is 0 Å². The molecule has 5 heteroatoms. The zero-order chi connectivity index (χ0) is 21.1. The van der Waals surface area contributed by atoms with Crippen molar-refractivity contribution in [2.75, 3.05) is 0 Å². The van der Waals surface area contributed by atoms with Gasteiger partial charge in [0, 0.05) is 29.4 Å². The molecule has 0 aliphatic heterocycles. The monoisotopic (exact) mass is 588 g/mol. The van der Waals surface area contributed by atoms with E-state index >= 15 is 0 Å². The van der Waals surface area contributed by atoms with Gasteiger partial charge in [0.2, 0.25) is 0 Å². The minimum Gasteiger partial charge on any atom is -0.508 e. The Hall–Kier alpha value is -2.09. The molecule has 2 nitrogen and oxygen atoms in total. The number of phenolic OH excluding ortho intramolecular Hbond substituents is 1. The number of halogens is 2. The van der Waals surface area contributed by atoms with Crippen LogP contribution in [0.2, 0.25) is 0 Å². The third-order valence-corrected chi connectivity index (χ3v) is 11.6. The highest BCUT2D eigenvalue weighted by Crippen LogP contribution is 2.73. The molecule has 4 aromatic rings. The lowest BCUT2D eigenvalue weighted by Crippen LogP contribution is -2.02. The molecule has 30 heavy (non-hydrogen) atoms. The molecule has 0 aliphatic carbocycles. The number of carbonyl (C=O) groups is 1. The Labute approximate surface area is 198 Å². The first kappa shape index (κ1) is 21.2. The fraction of sp³-hybridized carbons (Fsp3) is 0. The lowest BCUT2D eigenvalue weighted by Gasteiger charge is -2.35. The highest BCUT2D eigenvalue weighted by Gasteiger charge is 2.28. The van der Waals surface area contributed by atoms with E-state index in [0.717, 1.165) is 4.90 Å². The summed E-state index contributed by atoms with van der Waals surface area (Å²) < 4.78 is 1.19. The van der Waals surface area contributed by atoms with E-state index in [1.807, 2.05) is 42.5 Å². The van der Waals surface area contributed by atoms with Crippen molar-refractivity contribution >= 4 is 51.6 Å². The van der Waals surface area contributed by atoms with Gasteiger partial charge in [-0.2, -0.15) is 0 Å². The van der Waals surface area contributed by atoms with Crippen LogP contribution in [0.4, 0.5) is 0 Å². The van der Waals surface area contributed by atoms with Crippen molar-refractivity contribution in [3.8, 4) is 5.75 Å². The van der Waals surface area contributed by atoms with Crippen LogP contribution < -0.4 is 0 Å². The van der Waals surface area contributed by atoms with Crippen LogP contribution in [0.3, 0.4) is 0 Å². The van der Waals surface area contributed by atoms with Gasteiger partial charge in [-0.1, -0.05) is 18.2 Å². The topological polar surface area (TPSA) is 37.3 Å². The van der Waals surface area contributed by atoms with E-state index in [-0.39, 0.29) is 11.5 Å². The Morgan fingerprint density at radius 3 is 1.63 bits per heavy atom. The number of benzene rings is 4. The number of hydrogen-bond donors (Lipinski definition) is 1. The maximum Gasteiger partial charge on any atom is 0.193 e. The van der Waals surface area contributed by atoms with E-state index in [2.05, 4.69) is 73.8 Å². The van der Waals surface area contributed by atoms with Gasteiger partial charge in [-0.15, -0.1) is 8.46 Å². The Morgan fingerprint density at radius 2 is 1.10 bits per heavy atom. The molecule has 0 spiro atoms. The lowest BCUT2D eigenvalue weighted by atomic mass is 10.0. The Morgan fingerprint density at radius 1 is 0.667 bits per heavy atom. The zero-order valence-electron chi connectivity index (χ0n) is 15.8. The predicted octanol–water partition coefficient (Wildman–Crippen LogP) is 7.82. The van der Waals surface area contributed by atoms with Crippen molar-refractivity contribution in [2.24, 2.45) is 0 Å². The summed E-state index contributed by atoms with van der Waals surface area (Å²) in [6.45, 7) is 0.